The van der Waals surface area contributed by atoms with Crippen molar-refractivity contribution in [3.63, 3.8) is 0 Å². The van der Waals surface area contributed by atoms with Crippen molar-refractivity contribution in [3.8, 4) is 0 Å². The first-order valence-electron chi connectivity index (χ1n) is 3.12. The van der Waals surface area contributed by atoms with Crippen molar-refractivity contribution < 1.29 is 14.6 Å². The van der Waals surface area contributed by atoms with Crippen LogP contribution in [-0.2, 0) is 0 Å². The maximum absolute atomic E-state index is 12.7. The molecule has 0 radical (unpaired) electrons. The van der Waals surface area contributed by atoms with E-state index in [1.807, 2.05) is 0 Å². The summed E-state index contributed by atoms with van der Waals surface area (Å²) in [6, 6.07) is 0. The third-order valence-electron chi connectivity index (χ3n) is 2.55. The second-order valence-electron chi connectivity index (χ2n) is 3.42. The van der Waals surface area contributed by atoms with Crippen LogP contribution in [0.1, 0.15) is 19.3 Å². The van der Waals surface area contributed by atoms with Crippen LogP contribution in [0.25, 0.3) is 0 Å². The Bertz CT molecular complexity index is 135. The highest BCUT2D eigenvalue weighted by atomic mass is 19.1. The summed E-state index contributed by atoms with van der Waals surface area (Å²) >= 11 is 0. The Morgan fingerprint density at radius 3 is 1.78 bits per heavy atom. The molecule has 3 saturated carbocycles. The molecule has 0 heterocycles. The van der Waals surface area contributed by atoms with Crippen molar-refractivity contribution in [3.05, 3.63) is 0 Å². The Labute approximate surface area is 52.3 Å². The van der Waals surface area contributed by atoms with E-state index < -0.39 is 17.4 Å². The van der Waals surface area contributed by atoms with E-state index in [-0.39, 0.29) is 0 Å². The molecule has 2 N–H and O–H groups in total. The van der Waals surface area contributed by atoms with Crippen LogP contribution in [0, 0.1) is 5.41 Å². The molecule has 2 bridgehead atoms. The maximum Gasteiger partial charge on any atom is 0.157 e. The van der Waals surface area contributed by atoms with E-state index in [0.29, 0.717) is 19.3 Å². The smallest absolute Gasteiger partial charge is 0.157 e. The van der Waals surface area contributed by atoms with Gasteiger partial charge in [-0.25, -0.2) is 4.39 Å². The fourth-order valence-corrected chi connectivity index (χ4v) is 2.01. The molecular formula is C6H9FO2. The van der Waals surface area contributed by atoms with Gasteiger partial charge in [0.05, 0.1) is 0 Å². The fraction of sp³-hybridized carbons (Fsp3) is 1.00. The molecule has 52 valence electrons. The van der Waals surface area contributed by atoms with Gasteiger partial charge in [-0.3, -0.25) is 0 Å². The number of halogens is 1. The van der Waals surface area contributed by atoms with Gasteiger partial charge in [-0.1, -0.05) is 0 Å². The average Bonchev–Trinajstić information content (AvgIpc) is 1.54. The van der Waals surface area contributed by atoms with Gasteiger partial charge in [-0.15, -0.1) is 0 Å². The lowest BCUT2D eigenvalue weighted by atomic mass is 9.42. The van der Waals surface area contributed by atoms with Gasteiger partial charge in [0.1, 0.15) is 5.67 Å². The van der Waals surface area contributed by atoms with Gasteiger partial charge in [0.2, 0.25) is 0 Å². The summed E-state index contributed by atoms with van der Waals surface area (Å²) < 4.78 is 12.7. The highest BCUT2D eigenvalue weighted by Gasteiger charge is 2.71. The van der Waals surface area contributed by atoms with E-state index in [2.05, 4.69) is 0 Å². The van der Waals surface area contributed by atoms with Crippen molar-refractivity contribution in [1.29, 1.82) is 0 Å². The highest BCUT2D eigenvalue weighted by Crippen LogP contribution is 2.70. The van der Waals surface area contributed by atoms with E-state index >= 15 is 0 Å². The Balaban J connectivity index is 2.04. The topological polar surface area (TPSA) is 40.5 Å². The molecule has 3 rings (SSSR count). The Kier molecular flexibility index (Phi) is 0.722. The molecular weight excluding hydrogens is 123 g/mol. The number of hydrogen-bond donors (Lipinski definition) is 2. The van der Waals surface area contributed by atoms with Gasteiger partial charge in [0.15, 0.2) is 6.29 Å². The molecule has 0 aromatic rings. The number of rotatable bonds is 1. The SMILES string of the molecule is OC(O)C12CC(F)(C1)C2. The van der Waals surface area contributed by atoms with Crippen LogP contribution in [-0.4, -0.2) is 22.2 Å². The molecule has 0 amide bonds. The van der Waals surface area contributed by atoms with Crippen molar-refractivity contribution in [2.24, 2.45) is 5.41 Å². The first-order valence-corrected chi connectivity index (χ1v) is 3.12. The Hall–Kier alpha value is -0.150. The zero-order valence-electron chi connectivity index (χ0n) is 4.97. The first-order chi connectivity index (χ1) is 4.06. The Morgan fingerprint density at radius 2 is 1.67 bits per heavy atom. The summed E-state index contributed by atoms with van der Waals surface area (Å²) in [7, 11) is 0. The van der Waals surface area contributed by atoms with E-state index in [1.165, 1.54) is 0 Å². The summed E-state index contributed by atoms with van der Waals surface area (Å²) in [6.07, 6.45) is -0.220. The van der Waals surface area contributed by atoms with E-state index in [9.17, 15) is 4.39 Å². The van der Waals surface area contributed by atoms with Gasteiger partial charge >= 0.3 is 0 Å². The average molecular weight is 132 g/mol. The molecule has 0 aromatic heterocycles. The van der Waals surface area contributed by atoms with Crippen LogP contribution in [0.5, 0.6) is 0 Å². The van der Waals surface area contributed by atoms with E-state index in [0.717, 1.165) is 0 Å². The second-order valence-corrected chi connectivity index (χ2v) is 3.42. The molecule has 0 aliphatic heterocycles. The summed E-state index contributed by atoms with van der Waals surface area (Å²) in [5, 5.41) is 17.3. The molecule has 9 heavy (non-hydrogen) atoms. The molecule has 0 saturated heterocycles. The lowest BCUT2D eigenvalue weighted by molar-refractivity contribution is -0.309. The zero-order valence-corrected chi connectivity index (χ0v) is 4.97. The van der Waals surface area contributed by atoms with Crippen molar-refractivity contribution >= 4 is 0 Å². The minimum Gasteiger partial charge on any atom is -0.368 e. The summed E-state index contributed by atoms with van der Waals surface area (Å²) in [5.74, 6) is 0. The lowest BCUT2D eigenvalue weighted by Crippen LogP contribution is -2.69. The molecule has 0 spiro atoms. The predicted molar refractivity (Wildman–Crippen MR) is 28.3 cm³/mol. The third-order valence-corrected chi connectivity index (χ3v) is 2.55. The summed E-state index contributed by atoms with van der Waals surface area (Å²) in [4.78, 5) is 0. The number of alkyl halides is 1. The molecule has 3 fully saturated rings. The van der Waals surface area contributed by atoms with Gasteiger partial charge in [0, 0.05) is 5.41 Å². The number of aliphatic hydroxyl groups is 2. The van der Waals surface area contributed by atoms with Crippen LogP contribution in [0.15, 0.2) is 0 Å². The van der Waals surface area contributed by atoms with Gasteiger partial charge in [-0.2, -0.15) is 0 Å². The number of hydrogen-bond acceptors (Lipinski definition) is 2. The van der Waals surface area contributed by atoms with Crippen molar-refractivity contribution in [1.82, 2.24) is 0 Å². The quantitative estimate of drug-likeness (QED) is 0.500. The minimum absolute atomic E-state index is 0.359. The number of aliphatic hydroxyl groups excluding tert-OH is 1. The van der Waals surface area contributed by atoms with Crippen LogP contribution in [0.3, 0.4) is 0 Å². The molecule has 3 heteroatoms. The minimum atomic E-state index is -1.30. The Morgan fingerprint density at radius 1 is 1.22 bits per heavy atom. The van der Waals surface area contributed by atoms with Gasteiger partial charge in [0.25, 0.3) is 0 Å². The summed E-state index contributed by atoms with van der Waals surface area (Å²) in [6.45, 7) is 0. The molecule has 3 aliphatic carbocycles. The lowest BCUT2D eigenvalue weighted by Gasteiger charge is -2.66. The molecule has 0 aromatic carbocycles. The van der Waals surface area contributed by atoms with Crippen molar-refractivity contribution in [2.75, 3.05) is 0 Å². The van der Waals surface area contributed by atoms with Crippen molar-refractivity contribution in [2.45, 2.75) is 31.2 Å². The predicted octanol–water partition coefficient (Wildman–Crippen LogP) is 0.189. The summed E-state index contributed by atoms with van der Waals surface area (Å²) in [5.41, 5.74) is -1.45. The highest BCUT2D eigenvalue weighted by molar-refractivity contribution is 5.19. The van der Waals surface area contributed by atoms with E-state index in [1.54, 1.807) is 0 Å². The van der Waals surface area contributed by atoms with Gasteiger partial charge < -0.3 is 10.2 Å². The maximum atomic E-state index is 12.7. The zero-order chi connectivity index (χ0) is 6.70. The van der Waals surface area contributed by atoms with Crippen LogP contribution >= 0.6 is 0 Å². The normalized spacial score (nSPS) is 54.7. The molecule has 2 nitrogen and oxygen atoms in total. The third kappa shape index (κ3) is 0.472. The first kappa shape index (κ1) is 5.62. The molecule has 3 aliphatic rings. The second kappa shape index (κ2) is 1.16. The van der Waals surface area contributed by atoms with E-state index in [4.69, 9.17) is 10.2 Å². The fourth-order valence-electron chi connectivity index (χ4n) is 2.01. The van der Waals surface area contributed by atoms with Gasteiger partial charge in [-0.05, 0) is 19.3 Å². The largest absolute Gasteiger partial charge is 0.368 e. The van der Waals surface area contributed by atoms with Crippen LogP contribution in [0.4, 0.5) is 4.39 Å². The van der Waals surface area contributed by atoms with Crippen LogP contribution < -0.4 is 0 Å². The molecule has 0 atom stereocenters. The van der Waals surface area contributed by atoms with Crippen LogP contribution in [0.2, 0.25) is 0 Å². The molecule has 0 unspecified atom stereocenters. The standard InChI is InChI=1S/C6H9FO2/c7-6-1-5(2-6,3-6)4(8)9/h4,8-9H,1-3H2. The monoisotopic (exact) mass is 132 g/mol.